The molecule has 27 heavy (non-hydrogen) atoms. The highest BCUT2D eigenvalue weighted by Gasteiger charge is 2.48. The molecule has 1 aliphatic rings. The van der Waals surface area contributed by atoms with Gasteiger partial charge in [-0.3, -0.25) is 15.0 Å². The number of carbonyl (C=O) groups excluding carboxylic acids is 3. The van der Waals surface area contributed by atoms with Gasteiger partial charge < -0.3 is 5.32 Å². The molecule has 2 aromatic rings. The molecule has 2 aromatic carbocycles. The largest absolute Gasteiger partial charge is 0.344 e. The van der Waals surface area contributed by atoms with Gasteiger partial charge in [-0.2, -0.15) is 5.01 Å². The highest BCUT2D eigenvalue weighted by molar-refractivity contribution is 6.09. The van der Waals surface area contributed by atoms with Crippen LogP contribution in [0.4, 0.5) is 4.79 Å². The van der Waals surface area contributed by atoms with Gasteiger partial charge in [-0.1, -0.05) is 47.5 Å². The second kappa shape index (κ2) is 7.23. The Balaban J connectivity index is 1.70. The standard InChI is InChI=1S/C21H23N3O3/c1-14-11-15(2)13-17(12-14)18(25)23-24-19(26)21(3,22-20(24)27)10-9-16-7-5-4-6-8-16/h4-8,11-13H,9-10H2,1-3H3,(H,22,27)(H,23,25). The molecule has 4 amide bonds. The summed E-state index contributed by atoms with van der Waals surface area (Å²) in [5.41, 5.74) is 4.74. The molecule has 0 aromatic heterocycles. The molecule has 0 aliphatic carbocycles. The van der Waals surface area contributed by atoms with Gasteiger partial charge in [0.15, 0.2) is 0 Å². The number of rotatable bonds is 5. The lowest BCUT2D eigenvalue weighted by Crippen LogP contribution is -2.49. The van der Waals surface area contributed by atoms with Gasteiger partial charge >= 0.3 is 6.03 Å². The van der Waals surface area contributed by atoms with E-state index < -0.39 is 23.4 Å². The molecule has 140 valence electrons. The first-order valence-corrected chi connectivity index (χ1v) is 8.88. The average Bonchev–Trinajstić information content (AvgIpc) is 2.83. The van der Waals surface area contributed by atoms with Gasteiger partial charge in [0.05, 0.1) is 0 Å². The fourth-order valence-corrected chi connectivity index (χ4v) is 3.27. The van der Waals surface area contributed by atoms with Crippen molar-refractivity contribution < 1.29 is 14.4 Å². The highest BCUT2D eigenvalue weighted by Crippen LogP contribution is 2.22. The lowest BCUT2D eigenvalue weighted by atomic mass is 9.93. The van der Waals surface area contributed by atoms with Gasteiger partial charge in [-0.15, -0.1) is 0 Å². The van der Waals surface area contributed by atoms with Crippen molar-refractivity contribution >= 4 is 17.8 Å². The Labute approximate surface area is 158 Å². The lowest BCUT2D eigenvalue weighted by molar-refractivity contribution is -0.132. The van der Waals surface area contributed by atoms with Crippen LogP contribution < -0.4 is 10.7 Å². The van der Waals surface area contributed by atoms with Crippen molar-refractivity contribution in [2.75, 3.05) is 0 Å². The van der Waals surface area contributed by atoms with Crippen LogP contribution in [0.15, 0.2) is 48.5 Å². The molecule has 6 nitrogen and oxygen atoms in total. The van der Waals surface area contributed by atoms with Gasteiger partial charge in [0, 0.05) is 5.56 Å². The van der Waals surface area contributed by atoms with E-state index in [4.69, 9.17) is 0 Å². The zero-order valence-electron chi connectivity index (χ0n) is 15.7. The number of aryl methyl sites for hydroxylation is 3. The number of imide groups is 1. The Morgan fingerprint density at radius 1 is 1.07 bits per heavy atom. The molecule has 0 saturated carbocycles. The van der Waals surface area contributed by atoms with E-state index in [2.05, 4.69) is 10.7 Å². The number of amides is 4. The topological polar surface area (TPSA) is 78.5 Å². The summed E-state index contributed by atoms with van der Waals surface area (Å²) in [7, 11) is 0. The second-order valence-corrected chi connectivity index (χ2v) is 7.21. The summed E-state index contributed by atoms with van der Waals surface area (Å²) in [5.74, 6) is -0.946. The number of nitrogens with one attached hydrogen (secondary N) is 2. The zero-order valence-corrected chi connectivity index (χ0v) is 15.7. The maximum atomic E-state index is 12.8. The summed E-state index contributed by atoms with van der Waals surface area (Å²) in [5, 5.41) is 3.49. The molecule has 1 saturated heterocycles. The third-order valence-electron chi connectivity index (χ3n) is 4.71. The maximum Gasteiger partial charge on any atom is 0.344 e. The Morgan fingerprint density at radius 3 is 2.33 bits per heavy atom. The molecule has 2 N–H and O–H groups in total. The number of hydrogen-bond acceptors (Lipinski definition) is 3. The van der Waals surface area contributed by atoms with E-state index >= 15 is 0 Å². The minimum Gasteiger partial charge on any atom is -0.322 e. The average molecular weight is 365 g/mol. The zero-order chi connectivity index (χ0) is 19.6. The molecule has 3 rings (SSSR count). The van der Waals surface area contributed by atoms with Gasteiger partial charge in [0.1, 0.15) is 5.54 Å². The molecular weight excluding hydrogens is 342 g/mol. The number of urea groups is 1. The number of benzene rings is 2. The van der Waals surface area contributed by atoms with Crippen LogP contribution in [0, 0.1) is 13.8 Å². The van der Waals surface area contributed by atoms with E-state index in [1.54, 1.807) is 19.1 Å². The quantitative estimate of drug-likeness (QED) is 0.800. The van der Waals surface area contributed by atoms with Crippen molar-refractivity contribution in [1.29, 1.82) is 0 Å². The van der Waals surface area contributed by atoms with Crippen molar-refractivity contribution in [3.8, 4) is 0 Å². The number of hydrazine groups is 1. The van der Waals surface area contributed by atoms with Crippen LogP contribution in [0.5, 0.6) is 0 Å². The van der Waals surface area contributed by atoms with Crippen LogP contribution >= 0.6 is 0 Å². The predicted molar refractivity (Wildman–Crippen MR) is 102 cm³/mol. The summed E-state index contributed by atoms with van der Waals surface area (Å²) < 4.78 is 0. The summed E-state index contributed by atoms with van der Waals surface area (Å²) >= 11 is 0. The van der Waals surface area contributed by atoms with Gasteiger partial charge in [0.25, 0.3) is 11.8 Å². The molecule has 1 atom stereocenters. The summed E-state index contributed by atoms with van der Waals surface area (Å²) in [6.07, 6.45) is 1.08. The minimum absolute atomic E-state index is 0.408. The van der Waals surface area contributed by atoms with Crippen LogP contribution in [-0.2, 0) is 11.2 Å². The molecule has 6 heteroatoms. The van der Waals surface area contributed by atoms with Crippen LogP contribution in [0.1, 0.15) is 40.4 Å². The molecule has 1 fully saturated rings. The number of carbonyl (C=O) groups is 3. The second-order valence-electron chi connectivity index (χ2n) is 7.21. The van der Waals surface area contributed by atoms with Gasteiger partial charge in [-0.25, -0.2) is 4.79 Å². The summed E-state index contributed by atoms with van der Waals surface area (Å²) in [4.78, 5) is 37.6. The van der Waals surface area contributed by atoms with Crippen molar-refractivity contribution in [1.82, 2.24) is 15.8 Å². The summed E-state index contributed by atoms with van der Waals surface area (Å²) in [6, 6.07) is 14.5. The first-order chi connectivity index (χ1) is 12.8. The smallest absolute Gasteiger partial charge is 0.322 e. The SMILES string of the molecule is Cc1cc(C)cc(C(=O)NN2C(=O)NC(C)(CCc3ccccc3)C2=O)c1. The third kappa shape index (κ3) is 4.00. The van der Waals surface area contributed by atoms with Gasteiger partial charge in [0.2, 0.25) is 0 Å². The Bertz CT molecular complexity index is 875. The first kappa shape index (κ1) is 18.6. The Hall–Kier alpha value is -3.15. The third-order valence-corrected chi connectivity index (χ3v) is 4.71. The van der Waals surface area contributed by atoms with Gasteiger partial charge in [-0.05, 0) is 51.3 Å². The maximum absolute atomic E-state index is 12.8. The molecule has 1 aliphatic heterocycles. The molecule has 0 radical (unpaired) electrons. The van der Waals surface area contributed by atoms with E-state index in [0.29, 0.717) is 18.4 Å². The first-order valence-electron chi connectivity index (χ1n) is 8.88. The monoisotopic (exact) mass is 365 g/mol. The van der Waals surface area contributed by atoms with Crippen LogP contribution in [0.3, 0.4) is 0 Å². The Kier molecular flexibility index (Phi) is 4.99. The van der Waals surface area contributed by atoms with Crippen molar-refractivity contribution in [2.45, 2.75) is 39.2 Å². The van der Waals surface area contributed by atoms with E-state index in [0.717, 1.165) is 21.7 Å². The normalized spacial score (nSPS) is 19.1. The van der Waals surface area contributed by atoms with Crippen molar-refractivity contribution in [3.63, 3.8) is 0 Å². The molecule has 0 spiro atoms. The van der Waals surface area contributed by atoms with E-state index in [-0.39, 0.29) is 0 Å². The highest BCUT2D eigenvalue weighted by atomic mass is 16.2. The Morgan fingerprint density at radius 2 is 1.70 bits per heavy atom. The molecule has 0 bridgehead atoms. The van der Waals surface area contributed by atoms with Crippen LogP contribution in [0.25, 0.3) is 0 Å². The number of hydrogen-bond donors (Lipinski definition) is 2. The van der Waals surface area contributed by atoms with E-state index in [1.807, 2.05) is 50.2 Å². The predicted octanol–water partition coefficient (Wildman–Crippen LogP) is 2.89. The van der Waals surface area contributed by atoms with E-state index in [9.17, 15) is 14.4 Å². The van der Waals surface area contributed by atoms with Crippen molar-refractivity contribution in [2.24, 2.45) is 0 Å². The fourth-order valence-electron chi connectivity index (χ4n) is 3.27. The minimum atomic E-state index is -1.05. The molecule has 1 unspecified atom stereocenters. The van der Waals surface area contributed by atoms with Crippen LogP contribution in [-0.4, -0.2) is 28.4 Å². The number of nitrogens with zero attached hydrogens (tertiary/aromatic N) is 1. The van der Waals surface area contributed by atoms with E-state index in [1.165, 1.54) is 0 Å². The molecular formula is C21H23N3O3. The van der Waals surface area contributed by atoms with Crippen molar-refractivity contribution in [3.05, 3.63) is 70.8 Å². The van der Waals surface area contributed by atoms with Crippen LogP contribution in [0.2, 0.25) is 0 Å². The lowest BCUT2D eigenvalue weighted by Gasteiger charge is -2.21. The fraction of sp³-hybridized carbons (Fsp3) is 0.286. The molecule has 1 heterocycles. The summed E-state index contributed by atoms with van der Waals surface area (Å²) in [6.45, 7) is 5.45.